The first-order valence-electron chi connectivity index (χ1n) is 6.53. The normalized spacial score (nSPS) is 18.3. The van der Waals surface area contributed by atoms with E-state index >= 15 is 0 Å². The number of rotatable bonds is 5. The predicted molar refractivity (Wildman–Crippen MR) is 70.6 cm³/mol. The fraction of sp³-hybridized carbons (Fsp3) is 0.500. The predicted octanol–water partition coefficient (Wildman–Crippen LogP) is 1.41. The average Bonchev–Trinajstić information content (AvgIpc) is 2.94. The Kier molecular flexibility index (Phi) is 4.74. The minimum Gasteiger partial charge on any atom is -0.492 e. The Labute approximate surface area is 112 Å². The lowest BCUT2D eigenvalue weighted by atomic mass is 10.2. The molecule has 1 aliphatic rings. The second-order valence-corrected chi connectivity index (χ2v) is 4.71. The summed E-state index contributed by atoms with van der Waals surface area (Å²) in [5.41, 5.74) is 0. The van der Waals surface area contributed by atoms with Gasteiger partial charge in [-0.2, -0.15) is 0 Å². The van der Waals surface area contributed by atoms with E-state index in [0.717, 1.165) is 19.4 Å². The number of amides is 1. The van der Waals surface area contributed by atoms with Gasteiger partial charge in [-0.3, -0.25) is 4.79 Å². The van der Waals surface area contributed by atoms with Crippen LogP contribution in [0.5, 0.6) is 5.75 Å². The van der Waals surface area contributed by atoms with Crippen LogP contribution in [0.15, 0.2) is 24.3 Å². The van der Waals surface area contributed by atoms with E-state index in [1.807, 2.05) is 0 Å². The minimum absolute atomic E-state index is 0.0455. The molecule has 1 aromatic carbocycles. The van der Waals surface area contributed by atoms with E-state index in [0.29, 0.717) is 18.9 Å². The molecule has 1 saturated heterocycles. The Balaban J connectivity index is 1.72. The summed E-state index contributed by atoms with van der Waals surface area (Å²) in [6, 6.07) is 5.82. The Bertz CT molecular complexity index is 416. The largest absolute Gasteiger partial charge is 0.492 e. The maximum Gasteiger partial charge on any atom is 0.239 e. The van der Waals surface area contributed by atoms with E-state index in [2.05, 4.69) is 5.32 Å². The van der Waals surface area contributed by atoms with E-state index < -0.39 is 0 Å². The molecular formula is C14H19FN2O2. The third-order valence-corrected chi connectivity index (χ3v) is 3.24. The number of likely N-dealkylation sites (N-methyl/N-ethyl adjacent to an activating group) is 1. The van der Waals surface area contributed by atoms with Crippen molar-refractivity contribution < 1.29 is 13.9 Å². The summed E-state index contributed by atoms with van der Waals surface area (Å²) in [6.45, 7) is 1.84. The minimum atomic E-state index is -0.285. The summed E-state index contributed by atoms with van der Waals surface area (Å²) in [6.07, 6.45) is 1.96. The summed E-state index contributed by atoms with van der Waals surface area (Å²) in [4.78, 5) is 13.7. The number of nitrogens with one attached hydrogen (secondary N) is 1. The summed E-state index contributed by atoms with van der Waals surface area (Å²) >= 11 is 0. The van der Waals surface area contributed by atoms with Gasteiger partial charge in [0, 0.05) is 7.05 Å². The van der Waals surface area contributed by atoms with Gasteiger partial charge in [0.1, 0.15) is 18.2 Å². The summed E-state index contributed by atoms with van der Waals surface area (Å²) < 4.78 is 18.2. The molecule has 1 N–H and O–H groups in total. The number of nitrogens with zero attached hydrogens (tertiary/aromatic N) is 1. The zero-order valence-corrected chi connectivity index (χ0v) is 11.1. The van der Waals surface area contributed by atoms with Crippen LogP contribution in [0, 0.1) is 5.82 Å². The molecule has 0 radical (unpaired) electrons. The fourth-order valence-corrected chi connectivity index (χ4v) is 2.10. The molecule has 1 aromatic rings. The summed E-state index contributed by atoms with van der Waals surface area (Å²) in [5, 5.41) is 3.18. The maximum absolute atomic E-state index is 12.7. The number of hydrogen-bond acceptors (Lipinski definition) is 3. The quantitative estimate of drug-likeness (QED) is 0.876. The van der Waals surface area contributed by atoms with E-state index in [-0.39, 0.29) is 17.8 Å². The van der Waals surface area contributed by atoms with E-state index in [1.165, 1.54) is 12.1 Å². The van der Waals surface area contributed by atoms with Crippen molar-refractivity contribution in [1.82, 2.24) is 10.2 Å². The zero-order chi connectivity index (χ0) is 13.7. The van der Waals surface area contributed by atoms with Crippen molar-refractivity contribution in [2.45, 2.75) is 18.9 Å². The van der Waals surface area contributed by atoms with Crippen LogP contribution in [-0.4, -0.2) is 43.6 Å². The standard InChI is InChI=1S/C14H19FN2O2/c1-17(14(18)13-3-2-8-16-13)9-10-19-12-6-4-11(15)5-7-12/h4-7,13,16H,2-3,8-10H2,1H3/t13-/m1/s1. The highest BCUT2D eigenvalue weighted by molar-refractivity contribution is 5.81. The first-order chi connectivity index (χ1) is 9.16. The molecule has 0 aromatic heterocycles. The molecule has 4 nitrogen and oxygen atoms in total. The highest BCUT2D eigenvalue weighted by Gasteiger charge is 2.24. The monoisotopic (exact) mass is 266 g/mol. The molecule has 1 heterocycles. The van der Waals surface area contributed by atoms with Crippen LogP contribution in [-0.2, 0) is 4.79 Å². The average molecular weight is 266 g/mol. The lowest BCUT2D eigenvalue weighted by Gasteiger charge is -2.21. The van der Waals surface area contributed by atoms with Crippen molar-refractivity contribution in [2.75, 3.05) is 26.7 Å². The first-order valence-corrected chi connectivity index (χ1v) is 6.53. The Hall–Kier alpha value is -1.62. The number of halogens is 1. The molecule has 1 atom stereocenters. The van der Waals surface area contributed by atoms with E-state index in [4.69, 9.17) is 4.74 Å². The molecule has 0 spiro atoms. The lowest BCUT2D eigenvalue weighted by molar-refractivity contribution is -0.132. The van der Waals surface area contributed by atoms with Crippen LogP contribution in [0.2, 0.25) is 0 Å². The summed E-state index contributed by atoms with van der Waals surface area (Å²) in [5.74, 6) is 0.438. The molecule has 1 aliphatic heterocycles. The third-order valence-electron chi connectivity index (χ3n) is 3.24. The molecule has 0 unspecified atom stereocenters. The van der Waals surface area contributed by atoms with Gasteiger partial charge in [0.2, 0.25) is 5.91 Å². The molecule has 1 amide bonds. The molecule has 2 rings (SSSR count). The van der Waals surface area contributed by atoms with Crippen molar-refractivity contribution in [3.05, 3.63) is 30.1 Å². The van der Waals surface area contributed by atoms with Gasteiger partial charge < -0.3 is 15.0 Å². The zero-order valence-electron chi connectivity index (χ0n) is 11.1. The molecule has 0 bridgehead atoms. The van der Waals surface area contributed by atoms with Crippen LogP contribution in [0.25, 0.3) is 0 Å². The van der Waals surface area contributed by atoms with Crippen LogP contribution >= 0.6 is 0 Å². The second-order valence-electron chi connectivity index (χ2n) is 4.71. The Morgan fingerprint density at radius 1 is 1.47 bits per heavy atom. The smallest absolute Gasteiger partial charge is 0.239 e. The topological polar surface area (TPSA) is 41.6 Å². The summed E-state index contributed by atoms with van der Waals surface area (Å²) in [7, 11) is 1.77. The number of carbonyl (C=O) groups excluding carboxylic acids is 1. The number of carbonyl (C=O) groups is 1. The van der Waals surface area contributed by atoms with Crippen LogP contribution in [0.1, 0.15) is 12.8 Å². The molecular weight excluding hydrogens is 247 g/mol. The van der Waals surface area contributed by atoms with Gasteiger partial charge in [0.15, 0.2) is 0 Å². The number of ether oxygens (including phenoxy) is 1. The number of hydrogen-bond donors (Lipinski definition) is 1. The molecule has 19 heavy (non-hydrogen) atoms. The van der Waals surface area contributed by atoms with Gasteiger partial charge in [-0.05, 0) is 43.7 Å². The highest BCUT2D eigenvalue weighted by atomic mass is 19.1. The first kappa shape index (κ1) is 13.8. The molecule has 0 saturated carbocycles. The third kappa shape index (κ3) is 3.92. The molecule has 0 aliphatic carbocycles. The van der Waals surface area contributed by atoms with Gasteiger partial charge in [0.05, 0.1) is 12.6 Å². The van der Waals surface area contributed by atoms with Gasteiger partial charge in [-0.15, -0.1) is 0 Å². The fourth-order valence-electron chi connectivity index (χ4n) is 2.10. The lowest BCUT2D eigenvalue weighted by Crippen LogP contribution is -2.43. The van der Waals surface area contributed by atoms with Crippen LogP contribution in [0.3, 0.4) is 0 Å². The van der Waals surface area contributed by atoms with Crippen molar-refractivity contribution in [3.8, 4) is 5.75 Å². The molecule has 104 valence electrons. The molecule has 5 heteroatoms. The van der Waals surface area contributed by atoms with Gasteiger partial charge >= 0.3 is 0 Å². The van der Waals surface area contributed by atoms with Crippen molar-refractivity contribution in [3.63, 3.8) is 0 Å². The van der Waals surface area contributed by atoms with Gasteiger partial charge in [-0.1, -0.05) is 0 Å². The Morgan fingerprint density at radius 2 is 2.21 bits per heavy atom. The van der Waals surface area contributed by atoms with E-state index in [1.54, 1.807) is 24.1 Å². The number of benzene rings is 1. The highest BCUT2D eigenvalue weighted by Crippen LogP contribution is 2.11. The SMILES string of the molecule is CN(CCOc1ccc(F)cc1)C(=O)[C@H]1CCCN1. The van der Waals surface area contributed by atoms with Gasteiger partial charge in [0.25, 0.3) is 0 Å². The second kappa shape index (κ2) is 6.52. The molecule has 1 fully saturated rings. The van der Waals surface area contributed by atoms with Crippen molar-refractivity contribution in [2.24, 2.45) is 0 Å². The van der Waals surface area contributed by atoms with Crippen LogP contribution < -0.4 is 10.1 Å². The van der Waals surface area contributed by atoms with Crippen molar-refractivity contribution >= 4 is 5.91 Å². The van der Waals surface area contributed by atoms with E-state index in [9.17, 15) is 9.18 Å². The van der Waals surface area contributed by atoms with Gasteiger partial charge in [-0.25, -0.2) is 4.39 Å². The van der Waals surface area contributed by atoms with Crippen LogP contribution in [0.4, 0.5) is 4.39 Å². The Morgan fingerprint density at radius 3 is 2.84 bits per heavy atom. The maximum atomic E-state index is 12.7. The van der Waals surface area contributed by atoms with Crippen molar-refractivity contribution in [1.29, 1.82) is 0 Å².